The lowest BCUT2D eigenvalue weighted by Gasteiger charge is -2.07. The zero-order chi connectivity index (χ0) is 5.28. The Bertz CT molecular complexity index is 58.7. The maximum atomic E-state index is 3.44. The molecule has 0 aromatic rings. The highest BCUT2D eigenvalue weighted by Gasteiger charge is 2.15. The van der Waals surface area contributed by atoms with E-state index in [0.29, 0.717) is 4.95 Å². The fraction of sp³-hybridized carbons (Fsp3) is 0.750. The molecule has 2 nitrogen and oxygen atoms in total. The lowest BCUT2D eigenvalue weighted by Crippen LogP contribution is -2.17. The Labute approximate surface area is 52.0 Å². The third-order valence-electron chi connectivity index (χ3n) is 1.02. The summed E-state index contributed by atoms with van der Waals surface area (Å²) < 4.78 is 0. The summed E-state index contributed by atoms with van der Waals surface area (Å²) in [6, 6.07) is 0. The second kappa shape index (κ2) is 2.11. The van der Waals surface area contributed by atoms with Gasteiger partial charge in [-0.05, 0) is 7.05 Å². The lowest BCUT2D eigenvalue weighted by molar-refractivity contribution is 0.453. The third-order valence-corrected chi connectivity index (χ3v) is 1.99. The molecule has 0 spiro atoms. The molecule has 1 aliphatic rings. The summed E-state index contributed by atoms with van der Waals surface area (Å²) in [7, 11) is 2.03. The van der Waals surface area contributed by atoms with Crippen LogP contribution in [0.5, 0.6) is 0 Å². The predicted octanol–water partition coefficient (Wildman–Crippen LogP) is 0.362. The molecule has 1 heterocycles. The van der Waals surface area contributed by atoms with Crippen LogP contribution >= 0.6 is 15.9 Å². The van der Waals surface area contributed by atoms with Gasteiger partial charge in [0.25, 0.3) is 0 Å². The standard InChI is InChI=1S/C4H8BrN2/c1-7-3-6-2-4(7)5/h3-4,6H,2H2,1H3. The van der Waals surface area contributed by atoms with Crippen LogP contribution in [-0.4, -0.2) is 23.4 Å². The van der Waals surface area contributed by atoms with E-state index in [1.807, 2.05) is 13.7 Å². The van der Waals surface area contributed by atoms with Gasteiger partial charge in [0.2, 0.25) is 0 Å². The predicted molar refractivity (Wildman–Crippen MR) is 32.8 cm³/mol. The normalized spacial score (nSPS) is 34.3. The number of rotatable bonds is 0. The molecular formula is C4H8BrN2. The molecule has 0 aromatic heterocycles. The number of alkyl halides is 1. The molecule has 0 amide bonds. The van der Waals surface area contributed by atoms with E-state index in [1.165, 1.54) is 0 Å². The fourth-order valence-electron chi connectivity index (χ4n) is 0.519. The van der Waals surface area contributed by atoms with Crippen molar-refractivity contribution in [3.63, 3.8) is 0 Å². The van der Waals surface area contributed by atoms with Gasteiger partial charge in [0.1, 0.15) is 0 Å². The second-order valence-corrected chi connectivity index (χ2v) is 2.69. The van der Waals surface area contributed by atoms with Crippen molar-refractivity contribution in [2.75, 3.05) is 13.6 Å². The van der Waals surface area contributed by atoms with Gasteiger partial charge in [0.15, 0.2) is 0 Å². The van der Waals surface area contributed by atoms with E-state index in [-0.39, 0.29) is 0 Å². The monoisotopic (exact) mass is 163 g/mol. The van der Waals surface area contributed by atoms with Crippen molar-refractivity contribution in [2.24, 2.45) is 0 Å². The molecule has 1 N–H and O–H groups in total. The van der Waals surface area contributed by atoms with Crippen LogP contribution in [0.25, 0.3) is 0 Å². The number of halogens is 1. The third kappa shape index (κ3) is 1.15. The first-order valence-electron chi connectivity index (χ1n) is 2.23. The van der Waals surface area contributed by atoms with Gasteiger partial charge in [0, 0.05) is 6.54 Å². The Hall–Kier alpha value is 0.400. The van der Waals surface area contributed by atoms with Gasteiger partial charge in [-0.1, -0.05) is 15.9 Å². The molecule has 0 saturated carbocycles. The molecule has 0 aromatic carbocycles. The van der Waals surface area contributed by atoms with Crippen LogP contribution in [0, 0.1) is 6.67 Å². The zero-order valence-corrected chi connectivity index (χ0v) is 5.77. The number of nitrogens with zero attached hydrogens (tertiary/aromatic N) is 1. The van der Waals surface area contributed by atoms with E-state index in [2.05, 4.69) is 26.1 Å². The summed E-state index contributed by atoms with van der Waals surface area (Å²) in [6.45, 7) is 2.97. The molecule has 0 aliphatic carbocycles. The molecule has 1 fully saturated rings. The highest BCUT2D eigenvalue weighted by molar-refractivity contribution is 9.09. The molecule has 3 heteroatoms. The Morgan fingerprint density at radius 2 is 2.71 bits per heavy atom. The first-order chi connectivity index (χ1) is 3.30. The molecule has 1 saturated heterocycles. The minimum absolute atomic E-state index is 0.493. The van der Waals surface area contributed by atoms with Crippen molar-refractivity contribution in [2.45, 2.75) is 4.95 Å². The summed E-state index contributed by atoms with van der Waals surface area (Å²) in [4.78, 5) is 2.58. The first-order valence-corrected chi connectivity index (χ1v) is 3.15. The molecule has 7 heavy (non-hydrogen) atoms. The molecular weight excluding hydrogens is 156 g/mol. The van der Waals surface area contributed by atoms with Gasteiger partial charge in [0.05, 0.1) is 11.6 Å². The van der Waals surface area contributed by atoms with Crippen molar-refractivity contribution in [1.82, 2.24) is 10.2 Å². The first kappa shape index (κ1) is 5.54. The Morgan fingerprint density at radius 3 is 2.86 bits per heavy atom. The average molecular weight is 164 g/mol. The van der Waals surface area contributed by atoms with Gasteiger partial charge >= 0.3 is 0 Å². The van der Waals surface area contributed by atoms with E-state index >= 15 is 0 Å². The zero-order valence-electron chi connectivity index (χ0n) is 4.19. The van der Waals surface area contributed by atoms with E-state index in [4.69, 9.17) is 0 Å². The Kier molecular flexibility index (Phi) is 1.67. The van der Waals surface area contributed by atoms with Crippen LogP contribution in [-0.2, 0) is 0 Å². The van der Waals surface area contributed by atoms with E-state index in [0.717, 1.165) is 6.54 Å². The topological polar surface area (TPSA) is 15.3 Å². The van der Waals surface area contributed by atoms with Gasteiger partial charge in [-0.25, -0.2) is 0 Å². The second-order valence-electron chi connectivity index (χ2n) is 1.64. The smallest absolute Gasteiger partial charge is 0.0901 e. The summed E-state index contributed by atoms with van der Waals surface area (Å²) in [5.74, 6) is 0. The van der Waals surface area contributed by atoms with Gasteiger partial charge in [-0.3, -0.25) is 10.2 Å². The summed E-state index contributed by atoms with van der Waals surface area (Å²) in [6.07, 6.45) is 0. The molecule has 1 unspecified atom stereocenters. The van der Waals surface area contributed by atoms with Gasteiger partial charge in [-0.15, -0.1) is 0 Å². The van der Waals surface area contributed by atoms with Gasteiger partial charge < -0.3 is 0 Å². The van der Waals surface area contributed by atoms with Crippen LogP contribution in [0.1, 0.15) is 0 Å². The van der Waals surface area contributed by atoms with E-state index in [9.17, 15) is 0 Å². The molecule has 1 radical (unpaired) electrons. The van der Waals surface area contributed by atoms with Crippen molar-refractivity contribution in [1.29, 1.82) is 0 Å². The number of likely N-dealkylation sites (N-methyl/N-ethyl adjacent to an activating group) is 1. The van der Waals surface area contributed by atoms with Crippen molar-refractivity contribution >= 4 is 15.9 Å². The van der Waals surface area contributed by atoms with Crippen LogP contribution in [0.15, 0.2) is 0 Å². The van der Waals surface area contributed by atoms with E-state index in [1.54, 1.807) is 0 Å². The van der Waals surface area contributed by atoms with E-state index < -0.39 is 0 Å². The Balaban J connectivity index is 2.33. The quantitative estimate of drug-likeness (QED) is 0.410. The van der Waals surface area contributed by atoms with Crippen LogP contribution in [0.2, 0.25) is 0 Å². The van der Waals surface area contributed by atoms with Crippen molar-refractivity contribution in [3.8, 4) is 0 Å². The minimum atomic E-state index is 0.493. The highest BCUT2D eigenvalue weighted by Crippen LogP contribution is 2.09. The SMILES string of the molecule is CN1[CH]NCC1Br. The van der Waals surface area contributed by atoms with Gasteiger partial charge in [-0.2, -0.15) is 0 Å². The maximum Gasteiger partial charge on any atom is 0.0901 e. The van der Waals surface area contributed by atoms with Crippen LogP contribution in [0.3, 0.4) is 0 Å². The molecule has 1 aliphatic heterocycles. The van der Waals surface area contributed by atoms with Crippen LogP contribution < -0.4 is 5.32 Å². The maximum absolute atomic E-state index is 3.44. The average Bonchev–Trinajstić information content (AvgIpc) is 1.91. The molecule has 0 bridgehead atoms. The Morgan fingerprint density at radius 1 is 2.00 bits per heavy atom. The molecule has 1 rings (SSSR count). The van der Waals surface area contributed by atoms with Crippen LogP contribution in [0.4, 0.5) is 0 Å². The highest BCUT2D eigenvalue weighted by atomic mass is 79.9. The number of hydrogen-bond acceptors (Lipinski definition) is 2. The minimum Gasteiger partial charge on any atom is -0.297 e. The summed E-state index contributed by atoms with van der Waals surface area (Å²) >= 11 is 3.44. The summed E-state index contributed by atoms with van der Waals surface area (Å²) in [5.41, 5.74) is 0. The largest absolute Gasteiger partial charge is 0.297 e. The molecule has 1 atom stereocenters. The van der Waals surface area contributed by atoms with Crippen molar-refractivity contribution < 1.29 is 0 Å². The number of hydrogen-bond donors (Lipinski definition) is 1. The molecule has 41 valence electrons. The van der Waals surface area contributed by atoms with Crippen molar-refractivity contribution in [3.05, 3.63) is 6.67 Å². The number of nitrogens with one attached hydrogen (secondary N) is 1. The fourth-order valence-corrected chi connectivity index (χ4v) is 0.824. The summed E-state index contributed by atoms with van der Waals surface area (Å²) in [5, 5.41) is 3.08. The lowest BCUT2D eigenvalue weighted by atomic mass is 10.7.